The summed E-state index contributed by atoms with van der Waals surface area (Å²) >= 11 is 2.05. The number of aliphatic hydroxyl groups is 3. The first-order valence-electron chi connectivity index (χ1n) is 12.0. The molecule has 3 aliphatic rings. The molecule has 4 rings (SSSR count). The third-order valence-electron chi connectivity index (χ3n) is 6.25. The van der Waals surface area contributed by atoms with Gasteiger partial charge in [0.1, 0.15) is 54.8 Å². The zero-order valence-electron chi connectivity index (χ0n) is 21.7. The number of amides is 2. The van der Waals surface area contributed by atoms with Gasteiger partial charge >= 0.3 is 17.9 Å². The van der Waals surface area contributed by atoms with Gasteiger partial charge in [0, 0.05) is 23.6 Å². The summed E-state index contributed by atoms with van der Waals surface area (Å²) < 4.78 is 10.0. The molecule has 5 unspecified atom stereocenters. The highest BCUT2D eigenvalue weighted by molar-refractivity contribution is 8.00. The van der Waals surface area contributed by atoms with Crippen LogP contribution in [0.15, 0.2) is 21.8 Å². The number of carbonyl (C=O) groups is 5. The molecule has 0 saturated carbocycles. The van der Waals surface area contributed by atoms with Gasteiger partial charge in [0.15, 0.2) is 23.2 Å². The highest BCUT2D eigenvalue weighted by atomic mass is 32.2. The molecule has 0 radical (unpaired) electrons. The van der Waals surface area contributed by atoms with Crippen LogP contribution in [0.25, 0.3) is 0 Å². The molecule has 2 fully saturated rings. The van der Waals surface area contributed by atoms with Gasteiger partial charge in [0.25, 0.3) is 11.8 Å². The number of esters is 1. The van der Waals surface area contributed by atoms with Crippen molar-refractivity contribution in [2.45, 2.75) is 49.0 Å². The highest BCUT2D eigenvalue weighted by Gasteiger charge is 2.54. The van der Waals surface area contributed by atoms with E-state index in [0.717, 1.165) is 42.0 Å². The van der Waals surface area contributed by atoms with Crippen LogP contribution in [0.5, 0.6) is 0 Å². The number of anilines is 1. The Hall–Kier alpha value is -3.82. The molecular weight excluding hydrogens is 606 g/mol. The number of hydrogen-bond donors (Lipinski definition) is 7. The molecular formula is C22H25N5O13S2. The summed E-state index contributed by atoms with van der Waals surface area (Å²) in [6.07, 6.45) is -8.81. The fourth-order valence-electron chi connectivity index (χ4n) is 4.26. The van der Waals surface area contributed by atoms with Gasteiger partial charge in [-0.2, -0.15) is 0 Å². The molecule has 42 heavy (non-hydrogen) atoms. The van der Waals surface area contributed by atoms with Crippen molar-refractivity contribution in [3.63, 3.8) is 0 Å². The quantitative estimate of drug-likeness (QED) is 0.0591. The van der Waals surface area contributed by atoms with Gasteiger partial charge in [0.05, 0.1) is 0 Å². The van der Waals surface area contributed by atoms with Gasteiger partial charge in [-0.1, -0.05) is 5.16 Å². The van der Waals surface area contributed by atoms with E-state index >= 15 is 0 Å². The van der Waals surface area contributed by atoms with Crippen molar-refractivity contribution in [2.24, 2.45) is 5.16 Å². The van der Waals surface area contributed by atoms with Gasteiger partial charge in [-0.15, -0.1) is 23.1 Å². The lowest BCUT2D eigenvalue weighted by Crippen LogP contribution is -2.71. The molecule has 3 aliphatic heterocycles. The summed E-state index contributed by atoms with van der Waals surface area (Å²) in [5.74, 6) is -5.07. The predicted octanol–water partition coefficient (Wildman–Crippen LogP) is -2.90. The van der Waals surface area contributed by atoms with Crippen molar-refractivity contribution >= 4 is 63.7 Å². The zero-order valence-corrected chi connectivity index (χ0v) is 23.3. The van der Waals surface area contributed by atoms with Crippen molar-refractivity contribution in [1.29, 1.82) is 0 Å². The monoisotopic (exact) mass is 631 g/mol. The van der Waals surface area contributed by atoms with Crippen LogP contribution in [0, 0.1) is 0 Å². The zero-order chi connectivity index (χ0) is 30.9. The second kappa shape index (κ2) is 12.6. The van der Waals surface area contributed by atoms with Crippen LogP contribution in [-0.4, -0.2) is 132 Å². The number of oxime groups is 1. The van der Waals surface area contributed by atoms with Crippen LogP contribution in [-0.2, 0) is 38.3 Å². The maximum atomic E-state index is 13.1. The molecule has 18 nitrogen and oxygen atoms in total. The van der Waals surface area contributed by atoms with E-state index in [1.165, 1.54) is 5.38 Å². The number of β-lactam (4-membered cyclic amide) rings is 1. The van der Waals surface area contributed by atoms with E-state index in [0.29, 0.717) is 0 Å². The number of carboxylic acids is 2. The Bertz CT molecular complexity index is 1350. The SMILES string of the molecule is CO/N=C(\C(=O)N[C@@H]1C(=O)N2C(C(=O)O)=C(COC(C)=O)CS[C@H]12)c1csc(NC2OC(C(=O)O)C(O)C(O)C2O)n1. The van der Waals surface area contributed by atoms with E-state index < -0.39 is 71.8 Å². The molecule has 1 aromatic heterocycles. The molecule has 2 amide bonds. The molecule has 228 valence electrons. The highest BCUT2D eigenvalue weighted by Crippen LogP contribution is 2.40. The lowest BCUT2D eigenvalue weighted by atomic mass is 9.98. The maximum Gasteiger partial charge on any atom is 0.352 e. The fraction of sp³-hybridized carbons (Fsp3) is 0.500. The normalized spacial score (nSPS) is 29.3. The third kappa shape index (κ3) is 6.03. The first-order valence-corrected chi connectivity index (χ1v) is 13.9. The number of aliphatic carboxylic acids is 2. The van der Waals surface area contributed by atoms with Gasteiger partial charge < -0.3 is 50.5 Å². The molecule has 7 N–H and O–H groups in total. The van der Waals surface area contributed by atoms with E-state index in [1.54, 1.807) is 0 Å². The number of nitrogens with zero attached hydrogens (tertiary/aromatic N) is 3. The summed E-state index contributed by atoms with van der Waals surface area (Å²) in [5, 5.41) is 58.3. The number of ether oxygens (including phenoxy) is 2. The Morgan fingerprint density at radius 1 is 1.19 bits per heavy atom. The lowest BCUT2D eigenvalue weighted by Gasteiger charge is -2.49. The lowest BCUT2D eigenvalue weighted by molar-refractivity contribution is -0.221. The average molecular weight is 632 g/mol. The summed E-state index contributed by atoms with van der Waals surface area (Å²) in [6.45, 7) is 0.861. The molecule has 2 saturated heterocycles. The smallest absolute Gasteiger partial charge is 0.352 e. The molecule has 0 aromatic carbocycles. The Kier molecular flexibility index (Phi) is 9.33. The Balaban J connectivity index is 1.46. The van der Waals surface area contributed by atoms with Crippen molar-refractivity contribution in [2.75, 3.05) is 24.8 Å². The van der Waals surface area contributed by atoms with Gasteiger partial charge in [-0.3, -0.25) is 19.3 Å². The number of hydrogen-bond acceptors (Lipinski definition) is 16. The number of rotatable bonds is 10. The Morgan fingerprint density at radius 3 is 2.52 bits per heavy atom. The molecule has 4 heterocycles. The van der Waals surface area contributed by atoms with Crippen molar-refractivity contribution in [3.05, 3.63) is 22.3 Å². The molecule has 0 aliphatic carbocycles. The maximum absolute atomic E-state index is 13.1. The molecule has 0 bridgehead atoms. The number of nitrogens with one attached hydrogen (secondary N) is 2. The molecule has 1 aromatic rings. The molecule has 7 atom stereocenters. The van der Waals surface area contributed by atoms with Crippen LogP contribution in [0.2, 0.25) is 0 Å². The molecule has 20 heteroatoms. The summed E-state index contributed by atoms with van der Waals surface area (Å²) in [6, 6.07) is -1.13. The second-order valence-electron chi connectivity index (χ2n) is 8.99. The number of carboxylic acid groups (broad SMARTS) is 2. The van der Waals surface area contributed by atoms with E-state index in [9.17, 15) is 49.5 Å². The molecule has 0 spiro atoms. The van der Waals surface area contributed by atoms with Crippen molar-refractivity contribution < 1.29 is 63.8 Å². The van der Waals surface area contributed by atoms with E-state index in [4.69, 9.17) is 14.3 Å². The first kappa shape index (κ1) is 31.1. The second-order valence-corrected chi connectivity index (χ2v) is 11.0. The number of aliphatic hydroxyl groups excluding tert-OH is 3. The average Bonchev–Trinajstić information content (AvgIpc) is 3.40. The van der Waals surface area contributed by atoms with Crippen LogP contribution in [0.1, 0.15) is 12.6 Å². The number of fused-ring (bicyclic) bond motifs is 1. The Labute approximate surface area is 243 Å². The minimum absolute atomic E-state index is 0.00339. The van der Waals surface area contributed by atoms with Gasteiger partial charge in [0.2, 0.25) is 0 Å². The third-order valence-corrected chi connectivity index (χ3v) is 8.37. The fourth-order valence-corrected chi connectivity index (χ4v) is 6.31. The first-order chi connectivity index (χ1) is 19.8. The van der Waals surface area contributed by atoms with Gasteiger partial charge in [-0.25, -0.2) is 14.6 Å². The standard InChI is InChI=1S/C22H25N5O13S2/c1-6(28)39-3-7-4-41-19-10(18(33)27(19)11(7)20(34)35)24-16(32)9(26-38-2)8-5-42-22(23-8)25-17-14(31)12(29)13(30)15(40-17)21(36)37/h5,10,12-15,17,19,29-31H,3-4H2,1-2H3,(H,23,25)(H,24,32)(H,34,35)(H,36,37)/b26-9-/t10-,12?,13?,14?,15?,17?,19-/m1/s1. The number of thioether (sulfide) groups is 1. The largest absolute Gasteiger partial charge is 0.479 e. The summed E-state index contributed by atoms with van der Waals surface area (Å²) in [4.78, 5) is 70.3. The summed E-state index contributed by atoms with van der Waals surface area (Å²) in [5.41, 5.74) is -0.531. The Morgan fingerprint density at radius 2 is 1.90 bits per heavy atom. The number of thiazole rings is 1. The number of aromatic nitrogens is 1. The summed E-state index contributed by atoms with van der Waals surface area (Å²) in [7, 11) is 1.16. The van der Waals surface area contributed by atoms with Crippen LogP contribution >= 0.6 is 23.1 Å². The van der Waals surface area contributed by atoms with Crippen LogP contribution in [0.4, 0.5) is 5.13 Å². The van der Waals surface area contributed by atoms with Crippen LogP contribution < -0.4 is 10.6 Å². The van der Waals surface area contributed by atoms with E-state index in [-0.39, 0.29) is 40.2 Å². The van der Waals surface area contributed by atoms with Crippen molar-refractivity contribution in [1.82, 2.24) is 15.2 Å². The number of carbonyl (C=O) groups excluding carboxylic acids is 3. The van der Waals surface area contributed by atoms with E-state index in [1.807, 2.05) is 0 Å². The minimum atomic E-state index is -1.89. The predicted molar refractivity (Wildman–Crippen MR) is 140 cm³/mol. The van der Waals surface area contributed by atoms with Crippen molar-refractivity contribution in [3.8, 4) is 0 Å². The van der Waals surface area contributed by atoms with Crippen LogP contribution in [0.3, 0.4) is 0 Å². The topological polar surface area (TPSA) is 267 Å². The minimum Gasteiger partial charge on any atom is -0.479 e. The van der Waals surface area contributed by atoms with E-state index in [2.05, 4.69) is 20.8 Å². The van der Waals surface area contributed by atoms with Gasteiger partial charge in [-0.05, 0) is 0 Å².